The number of hydrogen-bond donors (Lipinski definition) is 0. The minimum absolute atomic E-state index is 0.266. The normalized spacial score (nSPS) is 14.4. The lowest BCUT2D eigenvalue weighted by atomic mass is 10.2. The Morgan fingerprint density at radius 1 is 0.864 bits per heavy atom. The van der Waals surface area contributed by atoms with Gasteiger partial charge < -0.3 is 0 Å². The Morgan fingerprint density at radius 3 is 1.59 bits per heavy atom. The Hall–Kier alpha value is -0.800. The molecule has 124 valence electrons. The zero-order valence-corrected chi connectivity index (χ0v) is 12.0. The Morgan fingerprint density at radius 2 is 1.27 bits per heavy atom. The number of alkyl halides is 8. The standard InChI is InChI=1S/C10H2Cl3F8N/c11-4-1-3(9(16,17)18)2-5(12)6(4)22-7(13)8(14,15)10(19,20)21/h1-2H/b22-7-. The monoisotopic (exact) mass is 393 g/mol. The van der Waals surface area contributed by atoms with Gasteiger partial charge in [0, 0.05) is 0 Å². The second kappa shape index (κ2) is 6.01. The molecule has 1 rings (SSSR count). The molecule has 0 aromatic heterocycles. The molecule has 0 aliphatic carbocycles. The van der Waals surface area contributed by atoms with Gasteiger partial charge in [-0.25, -0.2) is 4.99 Å². The molecule has 0 spiro atoms. The SMILES string of the molecule is FC(F)(F)c1cc(Cl)c(/N=C(\Cl)C(F)(F)C(F)(F)F)c(Cl)c1. The number of aliphatic imine (C=N–C) groups is 1. The van der Waals surface area contributed by atoms with E-state index in [-0.39, 0.29) is 12.1 Å². The molecule has 0 bridgehead atoms. The van der Waals surface area contributed by atoms with E-state index < -0.39 is 44.7 Å². The van der Waals surface area contributed by atoms with Crippen LogP contribution in [0.15, 0.2) is 17.1 Å². The van der Waals surface area contributed by atoms with E-state index in [1.807, 2.05) is 0 Å². The van der Waals surface area contributed by atoms with Crippen LogP contribution in [0.25, 0.3) is 0 Å². The van der Waals surface area contributed by atoms with Gasteiger partial charge in [-0.05, 0) is 12.1 Å². The van der Waals surface area contributed by atoms with Crippen molar-refractivity contribution in [2.75, 3.05) is 0 Å². The summed E-state index contributed by atoms with van der Waals surface area (Å²) in [5.74, 6) is -5.51. The Bertz CT molecular complexity index is 582. The summed E-state index contributed by atoms with van der Waals surface area (Å²) in [4.78, 5) is 2.70. The molecule has 1 aromatic carbocycles. The van der Waals surface area contributed by atoms with E-state index in [0.29, 0.717) is 0 Å². The van der Waals surface area contributed by atoms with Crippen molar-refractivity contribution in [1.29, 1.82) is 0 Å². The number of benzene rings is 1. The molecule has 22 heavy (non-hydrogen) atoms. The van der Waals surface area contributed by atoms with Crippen molar-refractivity contribution in [3.8, 4) is 0 Å². The fourth-order valence-electron chi connectivity index (χ4n) is 1.12. The fraction of sp³-hybridized carbons (Fsp3) is 0.300. The van der Waals surface area contributed by atoms with E-state index in [1.54, 1.807) is 0 Å². The van der Waals surface area contributed by atoms with Crippen molar-refractivity contribution in [3.63, 3.8) is 0 Å². The molecule has 1 nitrogen and oxygen atoms in total. The third kappa shape index (κ3) is 3.94. The molecule has 0 saturated carbocycles. The van der Waals surface area contributed by atoms with Gasteiger partial charge in [-0.3, -0.25) is 0 Å². The Balaban J connectivity index is 3.39. The summed E-state index contributed by atoms with van der Waals surface area (Å²) in [6, 6.07) is 0.532. The van der Waals surface area contributed by atoms with Crippen LogP contribution in [0.5, 0.6) is 0 Å². The first-order chi connectivity index (χ1) is 9.68. The van der Waals surface area contributed by atoms with Crippen molar-refractivity contribution in [2.24, 2.45) is 4.99 Å². The average molecular weight is 394 g/mol. The van der Waals surface area contributed by atoms with Gasteiger partial charge in [0.15, 0.2) is 5.17 Å². The molecule has 1 aromatic rings. The first kappa shape index (κ1) is 19.2. The van der Waals surface area contributed by atoms with Crippen molar-refractivity contribution in [3.05, 3.63) is 27.7 Å². The van der Waals surface area contributed by atoms with Crippen LogP contribution in [0.4, 0.5) is 40.8 Å². The van der Waals surface area contributed by atoms with Gasteiger partial charge in [-0.2, -0.15) is 35.1 Å². The Kier molecular flexibility index (Phi) is 5.26. The molecule has 0 heterocycles. The summed E-state index contributed by atoms with van der Waals surface area (Å²) in [6.45, 7) is 0. The number of rotatable bonds is 2. The molecular weight excluding hydrogens is 392 g/mol. The first-order valence-corrected chi connectivity index (χ1v) is 6.06. The highest BCUT2D eigenvalue weighted by Gasteiger charge is 2.61. The maximum atomic E-state index is 12.9. The fourth-order valence-corrected chi connectivity index (χ4v) is 1.88. The zero-order valence-electron chi connectivity index (χ0n) is 9.76. The van der Waals surface area contributed by atoms with Crippen LogP contribution in [0.2, 0.25) is 10.0 Å². The third-order valence-corrected chi connectivity index (χ3v) is 3.07. The number of halogens is 11. The molecule has 12 heteroatoms. The molecule has 0 amide bonds. The van der Waals surface area contributed by atoms with E-state index in [0.717, 1.165) is 0 Å². The van der Waals surface area contributed by atoms with Gasteiger partial charge in [-0.1, -0.05) is 34.8 Å². The van der Waals surface area contributed by atoms with Crippen LogP contribution < -0.4 is 0 Å². The predicted octanol–water partition coefficient (Wildman–Crippen LogP) is 6.48. The van der Waals surface area contributed by atoms with E-state index in [2.05, 4.69) is 4.99 Å². The van der Waals surface area contributed by atoms with E-state index in [9.17, 15) is 35.1 Å². The van der Waals surface area contributed by atoms with Crippen molar-refractivity contribution >= 4 is 45.7 Å². The first-order valence-electron chi connectivity index (χ1n) is 4.93. The molecular formula is C10H2Cl3F8N. The lowest BCUT2D eigenvalue weighted by Crippen LogP contribution is -2.41. The van der Waals surface area contributed by atoms with E-state index in [4.69, 9.17) is 34.8 Å². The molecule has 0 N–H and O–H groups in total. The van der Waals surface area contributed by atoms with Gasteiger partial charge in [0.1, 0.15) is 5.69 Å². The summed E-state index contributed by atoms with van der Waals surface area (Å²) in [5.41, 5.74) is -2.27. The lowest BCUT2D eigenvalue weighted by Gasteiger charge is -2.18. The number of hydrogen-bond acceptors (Lipinski definition) is 1. The van der Waals surface area contributed by atoms with Gasteiger partial charge in [-0.15, -0.1) is 0 Å². The highest BCUT2D eigenvalue weighted by molar-refractivity contribution is 6.67. The second-order valence-electron chi connectivity index (χ2n) is 3.76. The topological polar surface area (TPSA) is 12.4 Å². The average Bonchev–Trinajstić information content (AvgIpc) is 2.30. The summed E-state index contributed by atoms with van der Waals surface area (Å²) in [5, 5.41) is -4.02. The Labute approximate surface area is 132 Å². The second-order valence-corrected chi connectivity index (χ2v) is 4.93. The highest BCUT2D eigenvalue weighted by Crippen LogP contribution is 2.43. The van der Waals surface area contributed by atoms with Crippen LogP contribution in [-0.4, -0.2) is 17.3 Å². The van der Waals surface area contributed by atoms with Crippen molar-refractivity contribution < 1.29 is 35.1 Å². The summed E-state index contributed by atoms with van der Waals surface area (Å²) in [7, 11) is 0. The molecule has 0 atom stereocenters. The van der Waals surface area contributed by atoms with E-state index >= 15 is 0 Å². The molecule has 0 aliphatic rings. The van der Waals surface area contributed by atoms with E-state index in [1.165, 1.54) is 0 Å². The number of nitrogens with zero attached hydrogens (tertiary/aromatic N) is 1. The van der Waals surface area contributed by atoms with Crippen molar-refractivity contribution in [1.82, 2.24) is 0 Å². The van der Waals surface area contributed by atoms with Crippen LogP contribution in [0.1, 0.15) is 5.56 Å². The van der Waals surface area contributed by atoms with Gasteiger partial charge >= 0.3 is 18.3 Å². The molecule has 0 unspecified atom stereocenters. The van der Waals surface area contributed by atoms with Crippen LogP contribution in [-0.2, 0) is 6.18 Å². The van der Waals surface area contributed by atoms with Gasteiger partial charge in [0.25, 0.3) is 0 Å². The summed E-state index contributed by atoms with van der Waals surface area (Å²) < 4.78 is 99.3. The lowest BCUT2D eigenvalue weighted by molar-refractivity contribution is -0.248. The van der Waals surface area contributed by atoms with Gasteiger partial charge in [0.2, 0.25) is 0 Å². The molecule has 0 saturated heterocycles. The van der Waals surface area contributed by atoms with Gasteiger partial charge in [0.05, 0.1) is 15.6 Å². The van der Waals surface area contributed by atoms with Crippen LogP contribution >= 0.6 is 34.8 Å². The van der Waals surface area contributed by atoms with Crippen LogP contribution in [0.3, 0.4) is 0 Å². The summed E-state index contributed by atoms with van der Waals surface area (Å²) >= 11 is 15.6. The third-order valence-electron chi connectivity index (χ3n) is 2.17. The molecule has 0 fully saturated rings. The summed E-state index contributed by atoms with van der Waals surface area (Å²) in [6.07, 6.45) is -10.9. The minimum atomic E-state index is -6.04. The molecule has 0 radical (unpaired) electrons. The zero-order chi connectivity index (χ0) is 17.5. The maximum Gasteiger partial charge on any atom is 0.460 e. The van der Waals surface area contributed by atoms with Crippen LogP contribution in [0, 0.1) is 0 Å². The smallest absolute Gasteiger partial charge is 0.231 e. The molecule has 0 aliphatic heterocycles. The van der Waals surface area contributed by atoms with Crippen molar-refractivity contribution in [2.45, 2.75) is 18.3 Å². The highest BCUT2D eigenvalue weighted by atomic mass is 35.5. The largest absolute Gasteiger partial charge is 0.460 e. The minimum Gasteiger partial charge on any atom is -0.231 e. The quantitative estimate of drug-likeness (QED) is 0.402. The predicted molar refractivity (Wildman–Crippen MR) is 65.4 cm³/mol. The maximum absolute atomic E-state index is 12.9.